The maximum Gasteiger partial charge on any atom is 0.263 e. The third-order valence-corrected chi connectivity index (χ3v) is 4.69. The van der Waals surface area contributed by atoms with Crippen LogP contribution in [0.25, 0.3) is 0 Å². The average molecular weight is 343 g/mol. The van der Waals surface area contributed by atoms with Gasteiger partial charge >= 0.3 is 0 Å². The highest BCUT2D eigenvalue weighted by Crippen LogP contribution is 2.24. The predicted octanol–water partition coefficient (Wildman–Crippen LogP) is 1.50. The lowest BCUT2D eigenvalue weighted by Crippen LogP contribution is -2.14. The monoisotopic (exact) mass is 342 g/mol. The molecule has 0 amide bonds. The van der Waals surface area contributed by atoms with Gasteiger partial charge in [0.15, 0.2) is 0 Å². The molecule has 0 atom stereocenters. The average Bonchev–Trinajstić information content (AvgIpc) is 2.38. The molecule has 0 aliphatic heterocycles. The zero-order valence-electron chi connectivity index (χ0n) is 9.75. The first kappa shape index (κ1) is 13.9. The molecule has 19 heavy (non-hydrogen) atoms. The van der Waals surface area contributed by atoms with Gasteiger partial charge in [-0.1, -0.05) is 6.07 Å². The standard InChI is InChI=1S/C11H11BrN4O2S/c12-10-3-8(4-13)1-2-11(10)19(17,18)16-9-5-14-7-15-6-9/h1-3,5-7,16H,4,13H2. The summed E-state index contributed by atoms with van der Waals surface area (Å²) in [5.41, 5.74) is 6.64. The molecule has 3 N–H and O–H groups in total. The van der Waals surface area contributed by atoms with Gasteiger partial charge in [0.2, 0.25) is 0 Å². The lowest BCUT2D eigenvalue weighted by molar-refractivity contribution is 0.600. The van der Waals surface area contributed by atoms with Crippen LogP contribution in [0.15, 0.2) is 46.3 Å². The van der Waals surface area contributed by atoms with Crippen LogP contribution in [0.4, 0.5) is 5.69 Å². The second-order valence-electron chi connectivity index (χ2n) is 3.70. The van der Waals surface area contributed by atoms with E-state index in [-0.39, 0.29) is 4.90 Å². The Kier molecular flexibility index (Phi) is 4.13. The number of nitrogens with zero attached hydrogens (tertiary/aromatic N) is 2. The summed E-state index contributed by atoms with van der Waals surface area (Å²) >= 11 is 3.23. The summed E-state index contributed by atoms with van der Waals surface area (Å²) in [4.78, 5) is 7.62. The van der Waals surface area contributed by atoms with Crippen LogP contribution in [0.5, 0.6) is 0 Å². The van der Waals surface area contributed by atoms with Crippen LogP contribution in [-0.4, -0.2) is 18.4 Å². The molecular formula is C11H11BrN4O2S. The molecule has 0 spiro atoms. The van der Waals surface area contributed by atoms with Gasteiger partial charge in [-0.3, -0.25) is 4.72 Å². The summed E-state index contributed by atoms with van der Waals surface area (Å²) in [5, 5.41) is 0. The molecule has 0 radical (unpaired) electrons. The van der Waals surface area contributed by atoms with Gasteiger partial charge < -0.3 is 5.73 Å². The van der Waals surface area contributed by atoms with E-state index in [0.29, 0.717) is 16.7 Å². The van der Waals surface area contributed by atoms with E-state index in [9.17, 15) is 8.42 Å². The van der Waals surface area contributed by atoms with Crippen molar-refractivity contribution in [2.75, 3.05) is 4.72 Å². The smallest absolute Gasteiger partial charge is 0.263 e. The second-order valence-corrected chi connectivity index (χ2v) is 6.21. The first-order valence-corrected chi connectivity index (χ1v) is 7.57. The third-order valence-electron chi connectivity index (χ3n) is 2.33. The van der Waals surface area contributed by atoms with E-state index < -0.39 is 10.0 Å². The summed E-state index contributed by atoms with van der Waals surface area (Å²) in [6, 6.07) is 4.84. The molecule has 0 unspecified atom stereocenters. The molecule has 0 bridgehead atoms. The molecule has 1 heterocycles. The van der Waals surface area contributed by atoms with Crippen molar-refractivity contribution in [3.05, 3.63) is 47.0 Å². The second kappa shape index (κ2) is 5.64. The predicted molar refractivity (Wildman–Crippen MR) is 74.9 cm³/mol. The lowest BCUT2D eigenvalue weighted by Gasteiger charge is -2.09. The van der Waals surface area contributed by atoms with Crippen LogP contribution in [0.2, 0.25) is 0 Å². The molecule has 0 aliphatic rings. The van der Waals surface area contributed by atoms with Crippen molar-refractivity contribution in [3.63, 3.8) is 0 Å². The fraction of sp³-hybridized carbons (Fsp3) is 0.0909. The van der Waals surface area contributed by atoms with Crippen molar-refractivity contribution >= 4 is 31.6 Å². The number of nitrogens with two attached hydrogens (primary N) is 1. The highest BCUT2D eigenvalue weighted by atomic mass is 79.9. The van der Waals surface area contributed by atoms with Crippen LogP contribution in [0, 0.1) is 0 Å². The first-order chi connectivity index (χ1) is 9.03. The molecule has 1 aromatic carbocycles. The Labute approximate surface area is 119 Å². The summed E-state index contributed by atoms with van der Waals surface area (Å²) < 4.78 is 27.2. The summed E-state index contributed by atoms with van der Waals surface area (Å²) in [7, 11) is -3.69. The SMILES string of the molecule is NCc1ccc(S(=O)(=O)Nc2cncnc2)c(Br)c1. The van der Waals surface area contributed by atoms with E-state index in [4.69, 9.17) is 5.73 Å². The van der Waals surface area contributed by atoms with Gasteiger partial charge in [-0.15, -0.1) is 0 Å². The molecule has 1 aromatic heterocycles. The van der Waals surface area contributed by atoms with E-state index in [1.807, 2.05) is 0 Å². The Morgan fingerprint density at radius 2 is 1.95 bits per heavy atom. The van der Waals surface area contributed by atoms with Crippen molar-refractivity contribution in [2.24, 2.45) is 5.73 Å². The van der Waals surface area contributed by atoms with Gasteiger partial charge in [0.25, 0.3) is 10.0 Å². The Hall–Kier alpha value is -1.51. The van der Waals surface area contributed by atoms with Gasteiger partial charge in [0.05, 0.1) is 18.1 Å². The normalized spacial score (nSPS) is 11.3. The quantitative estimate of drug-likeness (QED) is 0.877. The molecule has 6 nitrogen and oxygen atoms in total. The van der Waals surface area contributed by atoms with Gasteiger partial charge in [-0.05, 0) is 33.6 Å². The number of anilines is 1. The number of benzene rings is 1. The van der Waals surface area contributed by atoms with Crippen LogP contribution >= 0.6 is 15.9 Å². The van der Waals surface area contributed by atoms with Gasteiger partial charge in [-0.25, -0.2) is 18.4 Å². The minimum Gasteiger partial charge on any atom is -0.326 e. The van der Waals surface area contributed by atoms with Crippen molar-refractivity contribution in [3.8, 4) is 0 Å². The van der Waals surface area contributed by atoms with Crippen LogP contribution in [0.1, 0.15) is 5.56 Å². The third kappa shape index (κ3) is 3.28. The number of aromatic nitrogens is 2. The number of rotatable bonds is 4. The number of nitrogens with one attached hydrogen (secondary N) is 1. The van der Waals surface area contributed by atoms with Crippen molar-refractivity contribution in [2.45, 2.75) is 11.4 Å². The number of hydrogen-bond donors (Lipinski definition) is 2. The van der Waals surface area contributed by atoms with Crippen molar-refractivity contribution in [1.82, 2.24) is 9.97 Å². The molecule has 0 fully saturated rings. The summed E-state index contributed by atoms with van der Waals surface area (Å²) in [6.45, 7) is 0.346. The highest BCUT2D eigenvalue weighted by Gasteiger charge is 2.18. The van der Waals surface area contributed by atoms with E-state index >= 15 is 0 Å². The molecule has 100 valence electrons. The Morgan fingerprint density at radius 3 is 2.53 bits per heavy atom. The maximum atomic E-state index is 12.2. The Morgan fingerprint density at radius 1 is 1.26 bits per heavy atom. The molecule has 0 aliphatic carbocycles. The Balaban J connectivity index is 2.35. The fourth-order valence-electron chi connectivity index (χ4n) is 1.45. The van der Waals surface area contributed by atoms with E-state index in [1.54, 1.807) is 12.1 Å². The molecule has 2 rings (SSSR count). The van der Waals surface area contributed by atoms with E-state index in [2.05, 4.69) is 30.6 Å². The minimum absolute atomic E-state index is 0.133. The molecular weight excluding hydrogens is 332 g/mol. The van der Waals surface area contributed by atoms with Crippen LogP contribution < -0.4 is 10.5 Å². The van der Waals surface area contributed by atoms with Gasteiger partial charge in [-0.2, -0.15) is 0 Å². The van der Waals surface area contributed by atoms with E-state index in [1.165, 1.54) is 24.8 Å². The fourth-order valence-corrected chi connectivity index (χ4v) is 3.61. The summed E-state index contributed by atoms with van der Waals surface area (Å²) in [5.74, 6) is 0. The number of sulfonamides is 1. The van der Waals surface area contributed by atoms with Crippen LogP contribution in [0.3, 0.4) is 0 Å². The number of hydrogen-bond acceptors (Lipinski definition) is 5. The molecule has 8 heteroatoms. The van der Waals surface area contributed by atoms with E-state index in [0.717, 1.165) is 5.56 Å². The zero-order chi connectivity index (χ0) is 13.9. The summed E-state index contributed by atoms with van der Waals surface area (Å²) in [6.07, 6.45) is 4.09. The first-order valence-electron chi connectivity index (χ1n) is 5.29. The molecule has 0 saturated heterocycles. The van der Waals surface area contributed by atoms with Crippen molar-refractivity contribution < 1.29 is 8.42 Å². The zero-order valence-corrected chi connectivity index (χ0v) is 12.1. The molecule has 2 aromatic rings. The van der Waals surface area contributed by atoms with Crippen molar-refractivity contribution in [1.29, 1.82) is 0 Å². The minimum atomic E-state index is -3.69. The van der Waals surface area contributed by atoms with Gasteiger partial charge in [0, 0.05) is 11.0 Å². The lowest BCUT2D eigenvalue weighted by atomic mass is 10.2. The number of halogens is 1. The van der Waals surface area contributed by atoms with Crippen LogP contribution in [-0.2, 0) is 16.6 Å². The van der Waals surface area contributed by atoms with Gasteiger partial charge in [0.1, 0.15) is 11.2 Å². The highest BCUT2D eigenvalue weighted by molar-refractivity contribution is 9.10. The topological polar surface area (TPSA) is 98.0 Å². The largest absolute Gasteiger partial charge is 0.326 e. The maximum absolute atomic E-state index is 12.2. The molecule has 0 saturated carbocycles. The Bertz CT molecular complexity index is 676.